The molecule has 4 fully saturated rings. The van der Waals surface area contributed by atoms with Crippen molar-refractivity contribution >= 4 is 31.9 Å². The lowest BCUT2D eigenvalue weighted by atomic mass is 9.88. The zero-order valence-corrected chi connectivity index (χ0v) is 50.4. The fraction of sp³-hybridized carbons (Fsp3) is 0.750. The van der Waals surface area contributed by atoms with E-state index in [1.165, 1.54) is 21.5 Å². The molecule has 20 heteroatoms. The molecule has 2 aromatic rings. The first-order valence-corrected chi connectivity index (χ1v) is 30.6. The molecule has 0 radical (unpaired) electrons. The van der Waals surface area contributed by atoms with E-state index >= 15 is 0 Å². The summed E-state index contributed by atoms with van der Waals surface area (Å²) < 4.78 is 77.1. The van der Waals surface area contributed by atoms with Crippen LogP contribution in [0.15, 0.2) is 34.1 Å². The minimum atomic E-state index is -3.69. The topological polar surface area (TPSA) is 165 Å². The van der Waals surface area contributed by atoms with Gasteiger partial charge in [0.15, 0.2) is 0 Å². The van der Waals surface area contributed by atoms with Crippen LogP contribution in [0.2, 0.25) is 0 Å². The van der Waals surface area contributed by atoms with Crippen molar-refractivity contribution in [1.82, 2.24) is 38.0 Å². The van der Waals surface area contributed by atoms with Crippen LogP contribution < -0.4 is 9.47 Å². The molecule has 2 saturated carbocycles. The summed E-state index contributed by atoms with van der Waals surface area (Å²) in [4.78, 5) is 40.3. The van der Waals surface area contributed by atoms with Gasteiger partial charge < -0.3 is 28.7 Å². The van der Waals surface area contributed by atoms with Crippen molar-refractivity contribution in [3.05, 3.63) is 46.5 Å². The second-order valence-corrected chi connectivity index (χ2v) is 26.2. The average Bonchev–Trinajstić information content (AvgIpc) is 3.39. The van der Waals surface area contributed by atoms with Gasteiger partial charge in [0.05, 0.1) is 37.2 Å². The van der Waals surface area contributed by atoms with Crippen molar-refractivity contribution in [1.29, 1.82) is 0 Å². The first-order chi connectivity index (χ1) is 35.9. The Morgan fingerprint density at radius 3 is 1.14 bits per heavy atom. The molecular weight excluding hydrogens is 1010 g/mol. The van der Waals surface area contributed by atoms with Crippen LogP contribution in [0.4, 0.5) is 0 Å². The Labute approximate surface area is 458 Å². The molecule has 0 bridgehead atoms. The molecule has 76 heavy (non-hydrogen) atoms. The number of carbonyl (C=O) groups excluding carboxylic acids is 2. The van der Waals surface area contributed by atoms with Gasteiger partial charge in [-0.25, -0.2) is 16.8 Å². The molecule has 0 unspecified atom stereocenters. The Hall–Kier alpha value is -3.44. The lowest BCUT2D eigenvalue weighted by molar-refractivity contribution is -0.138. The molecule has 4 atom stereocenters. The second kappa shape index (κ2) is 29.1. The van der Waals surface area contributed by atoms with Crippen molar-refractivity contribution in [2.75, 3.05) is 134 Å². The highest BCUT2D eigenvalue weighted by Crippen LogP contribution is 2.31. The van der Waals surface area contributed by atoms with E-state index in [2.05, 4.69) is 47.3 Å². The SMILES string of the molecule is COc1cc(C)c(S(=O)(=O)N(C)CCOCC(=O)N(C)[C@@H]2CCC[C@H](N3CCN(C(C)C)CC3)C2)c(C)c1.COc1cc(C)c(S(=O)(=O)N(C)CCOCC(=O)N(C)[C@H]2CCC[C@@H](N3CCN(C(C)C)CC3)C2)c(C)c1. The predicted octanol–water partition coefficient (Wildman–Crippen LogP) is 5.49. The van der Waals surface area contributed by atoms with Gasteiger partial charge in [-0.3, -0.25) is 29.2 Å². The molecule has 0 spiro atoms. The van der Waals surface area contributed by atoms with Gasteiger partial charge in [0, 0.05) is 130 Å². The minimum absolute atomic E-state index is 0.0425. The van der Waals surface area contributed by atoms with Crippen LogP contribution in [0, 0.1) is 27.7 Å². The summed E-state index contributed by atoms with van der Waals surface area (Å²) in [5, 5.41) is 0. The van der Waals surface area contributed by atoms with Gasteiger partial charge in [0.25, 0.3) is 0 Å². The average molecular weight is 1110 g/mol. The van der Waals surface area contributed by atoms with E-state index in [-0.39, 0.29) is 73.2 Å². The van der Waals surface area contributed by atoms with Crippen LogP contribution >= 0.6 is 0 Å². The van der Waals surface area contributed by atoms with E-state index < -0.39 is 20.0 Å². The molecule has 2 aromatic carbocycles. The Kier molecular flexibility index (Phi) is 24.3. The number of methoxy groups -OCH3 is 2. The molecule has 6 rings (SSSR count). The Morgan fingerprint density at radius 1 is 0.539 bits per heavy atom. The highest BCUT2D eigenvalue weighted by Gasteiger charge is 2.35. The Bertz CT molecular complexity index is 2200. The molecule has 2 amide bonds. The Balaban J connectivity index is 0.000000281. The number of aryl methyl sites for hydroxylation is 4. The van der Waals surface area contributed by atoms with Crippen molar-refractivity contribution in [3.63, 3.8) is 0 Å². The van der Waals surface area contributed by atoms with Gasteiger partial charge in [-0.1, -0.05) is 0 Å². The maximum Gasteiger partial charge on any atom is 0.248 e. The number of carbonyl (C=O) groups is 2. The van der Waals surface area contributed by atoms with Gasteiger partial charge in [0.1, 0.15) is 24.7 Å². The zero-order chi connectivity index (χ0) is 56.1. The van der Waals surface area contributed by atoms with Gasteiger partial charge in [0.2, 0.25) is 31.9 Å². The summed E-state index contributed by atoms with van der Waals surface area (Å²) in [6.45, 7) is 25.5. The summed E-state index contributed by atoms with van der Waals surface area (Å²) in [5.41, 5.74) is 2.55. The van der Waals surface area contributed by atoms with Crippen molar-refractivity contribution in [3.8, 4) is 11.5 Å². The lowest BCUT2D eigenvalue weighted by Gasteiger charge is -2.44. The van der Waals surface area contributed by atoms with Gasteiger partial charge in [-0.05, 0) is 153 Å². The number of amides is 2. The number of sulfonamides is 2. The normalized spacial score (nSPS) is 21.7. The van der Waals surface area contributed by atoms with Crippen LogP contribution in [0.1, 0.15) is 101 Å². The van der Waals surface area contributed by atoms with Gasteiger partial charge in [-0.15, -0.1) is 0 Å². The molecule has 18 nitrogen and oxygen atoms in total. The van der Waals surface area contributed by atoms with E-state index in [4.69, 9.17) is 18.9 Å². The number of ether oxygens (including phenoxy) is 4. The Morgan fingerprint density at radius 2 is 0.855 bits per heavy atom. The highest BCUT2D eigenvalue weighted by molar-refractivity contribution is 7.89. The largest absolute Gasteiger partial charge is 0.497 e. The third-order valence-corrected chi connectivity index (χ3v) is 20.9. The van der Waals surface area contributed by atoms with E-state index in [1.54, 1.807) is 80.3 Å². The monoisotopic (exact) mass is 1100 g/mol. The third kappa shape index (κ3) is 16.8. The summed E-state index contributed by atoms with van der Waals surface area (Å²) in [6.07, 6.45) is 8.71. The summed E-state index contributed by atoms with van der Waals surface area (Å²) in [7, 11) is 2.58. The summed E-state index contributed by atoms with van der Waals surface area (Å²) in [5.74, 6) is 1.16. The molecule has 2 aliphatic carbocycles. The lowest BCUT2D eigenvalue weighted by Crippen LogP contribution is -2.54. The fourth-order valence-corrected chi connectivity index (χ4v) is 14.7. The third-order valence-electron chi connectivity index (χ3n) is 16.5. The maximum absolute atomic E-state index is 13.2. The van der Waals surface area contributed by atoms with Crippen molar-refractivity contribution in [2.45, 2.75) is 153 Å². The summed E-state index contributed by atoms with van der Waals surface area (Å²) >= 11 is 0. The molecule has 4 aliphatic rings. The first-order valence-electron chi connectivity index (χ1n) is 27.8. The van der Waals surface area contributed by atoms with Crippen molar-refractivity contribution in [2.24, 2.45) is 0 Å². The van der Waals surface area contributed by atoms with Crippen molar-refractivity contribution < 1.29 is 45.4 Å². The van der Waals surface area contributed by atoms with Crippen LogP contribution in [-0.2, 0) is 39.1 Å². The first kappa shape index (κ1) is 63.4. The number of benzene rings is 2. The maximum atomic E-state index is 13.2. The molecule has 2 heterocycles. The van der Waals surface area contributed by atoms with Crippen LogP contribution in [-0.4, -0.2) is 237 Å². The van der Waals surface area contributed by atoms with Crippen LogP contribution in [0.25, 0.3) is 0 Å². The van der Waals surface area contributed by atoms with E-state index in [1.807, 2.05) is 23.9 Å². The number of hydrogen-bond acceptors (Lipinski definition) is 14. The number of piperazine rings is 2. The number of nitrogens with zero attached hydrogens (tertiary/aromatic N) is 8. The van der Waals surface area contributed by atoms with E-state index in [9.17, 15) is 26.4 Å². The highest BCUT2D eigenvalue weighted by atomic mass is 32.2. The standard InChI is InChI=1S/2C28H48N4O5S/c2*1-21(2)31-11-13-32(14-12-31)25-10-8-9-24(19-25)30(6)27(33)20-37-16-15-29(5)38(34,35)28-22(3)17-26(36-7)18-23(28)4/h2*17-18,21,24-25H,8-16,19-20H2,1-7H3/t2*24-,25+/m10/s1. The predicted molar refractivity (Wildman–Crippen MR) is 300 cm³/mol. The molecule has 0 N–H and O–H groups in total. The zero-order valence-electron chi connectivity index (χ0n) is 48.8. The van der Waals surface area contributed by atoms with Crippen LogP contribution in [0.5, 0.6) is 11.5 Å². The summed E-state index contributed by atoms with van der Waals surface area (Å²) in [6, 6.07) is 9.58. The van der Waals surface area contributed by atoms with Gasteiger partial charge >= 0.3 is 0 Å². The fourth-order valence-electron chi connectivity index (χ4n) is 11.6. The minimum Gasteiger partial charge on any atom is -0.497 e. The van der Waals surface area contributed by atoms with E-state index in [0.29, 0.717) is 57.9 Å². The number of rotatable bonds is 22. The number of hydrogen-bond donors (Lipinski definition) is 0. The molecule has 2 aliphatic heterocycles. The molecule has 0 aromatic heterocycles. The molecule has 2 saturated heterocycles. The van der Waals surface area contributed by atoms with Gasteiger partial charge in [-0.2, -0.15) is 8.61 Å². The molecular formula is C56H96N8O10S2. The molecule has 432 valence electrons. The smallest absolute Gasteiger partial charge is 0.248 e. The van der Waals surface area contributed by atoms with E-state index in [0.717, 1.165) is 90.9 Å². The second-order valence-electron chi connectivity index (χ2n) is 22.2. The van der Waals surface area contributed by atoms with Crippen LogP contribution in [0.3, 0.4) is 0 Å². The quantitative estimate of drug-likeness (QED) is 0.136. The number of likely N-dealkylation sites (N-methyl/N-ethyl adjacent to an activating group) is 4.